The minimum absolute atomic E-state index is 0.266. The third-order valence-electron chi connectivity index (χ3n) is 1.95. The van der Waals surface area contributed by atoms with E-state index in [0.717, 1.165) is 6.42 Å². The highest BCUT2D eigenvalue weighted by Crippen LogP contribution is 2.03. The molecule has 1 atom stereocenters. The summed E-state index contributed by atoms with van der Waals surface area (Å²) >= 11 is 0. The first-order chi connectivity index (χ1) is 5.70. The highest BCUT2D eigenvalue weighted by atomic mass is 16.3. The Balaban J connectivity index is 3.39. The van der Waals surface area contributed by atoms with Gasteiger partial charge in [0.05, 0.1) is 6.61 Å². The molecule has 0 amide bonds. The van der Waals surface area contributed by atoms with Gasteiger partial charge in [-0.1, -0.05) is 40.0 Å². The van der Waals surface area contributed by atoms with Crippen LogP contribution in [0.2, 0.25) is 0 Å². The van der Waals surface area contributed by atoms with Crippen molar-refractivity contribution < 1.29 is 5.11 Å². The molecule has 0 aliphatic heterocycles. The Kier molecular flexibility index (Phi) is 7.51. The smallest absolute Gasteiger partial charge is 0.0584 e. The molecule has 0 radical (unpaired) electrons. The van der Waals surface area contributed by atoms with Crippen molar-refractivity contribution in [1.82, 2.24) is 5.32 Å². The van der Waals surface area contributed by atoms with Crippen LogP contribution in [-0.2, 0) is 0 Å². The standard InChI is InChI=1S/C10H23NO/c1-4-5-6-7-10(8-12)11-9(2)3/h9-12H,4-8H2,1-3H3. The van der Waals surface area contributed by atoms with Crippen LogP contribution in [0.1, 0.15) is 46.5 Å². The topological polar surface area (TPSA) is 32.3 Å². The molecule has 0 spiro atoms. The van der Waals surface area contributed by atoms with Gasteiger partial charge in [0, 0.05) is 12.1 Å². The quantitative estimate of drug-likeness (QED) is 0.577. The van der Waals surface area contributed by atoms with E-state index in [1.807, 2.05) is 0 Å². The molecule has 1 unspecified atom stereocenters. The third kappa shape index (κ3) is 6.62. The lowest BCUT2D eigenvalue weighted by molar-refractivity contribution is 0.225. The van der Waals surface area contributed by atoms with Crippen LogP contribution in [0.5, 0.6) is 0 Å². The van der Waals surface area contributed by atoms with Crippen molar-refractivity contribution in [3.05, 3.63) is 0 Å². The number of aliphatic hydroxyl groups is 1. The molecular formula is C10H23NO. The van der Waals surface area contributed by atoms with Crippen LogP contribution in [0.15, 0.2) is 0 Å². The van der Waals surface area contributed by atoms with E-state index < -0.39 is 0 Å². The van der Waals surface area contributed by atoms with Crippen molar-refractivity contribution in [3.63, 3.8) is 0 Å². The van der Waals surface area contributed by atoms with E-state index in [1.54, 1.807) is 0 Å². The van der Waals surface area contributed by atoms with E-state index in [2.05, 4.69) is 26.1 Å². The SMILES string of the molecule is CCCCCC(CO)NC(C)C. The average Bonchev–Trinajstić information content (AvgIpc) is 2.02. The van der Waals surface area contributed by atoms with Gasteiger partial charge < -0.3 is 10.4 Å². The van der Waals surface area contributed by atoms with Crippen molar-refractivity contribution in [2.45, 2.75) is 58.5 Å². The molecule has 0 heterocycles. The molecule has 2 N–H and O–H groups in total. The summed E-state index contributed by atoms with van der Waals surface area (Å²) in [5.41, 5.74) is 0. The van der Waals surface area contributed by atoms with E-state index in [-0.39, 0.29) is 6.61 Å². The van der Waals surface area contributed by atoms with Gasteiger partial charge >= 0.3 is 0 Å². The fourth-order valence-electron chi connectivity index (χ4n) is 1.34. The lowest BCUT2D eigenvalue weighted by atomic mass is 10.1. The second-order valence-corrected chi connectivity index (χ2v) is 3.70. The molecule has 0 rings (SSSR count). The number of hydrogen-bond donors (Lipinski definition) is 2. The predicted molar refractivity (Wildman–Crippen MR) is 53.3 cm³/mol. The maximum Gasteiger partial charge on any atom is 0.0584 e. The van der Waals surface area contributed by atoms with Gasteiger partial charge in [0.25, 0.3) is 0 Å². The van der Waals surface area contributed by atoms with Gasteiger partial charge in [0.1, 0.15) is 0 Å². The molecule has 74 valence electrons. The van der Waals surface area contributed by atoms with Crippen LogP contribution in [0.25, 0.3) is 0 Å². The fraction of sp³-hybridized carbons (Fsp3) is 1.00. The lowest BCUT2D eigenvalue weighted by Crippen LogP contribution is -2.37. The second kappa shape index (κ2) is 7.56. The normalized spacial score (nSPS) is 13.8. The summed E-state index contributed by atoms with van der Waals surface area (Å²) in [5.74, 6) is 0. The van der Waals surface area contributed by atoms with E-state index in [0.29, 0.717) is 12.1 Å². The molecule has 0 aromatic heterocycles. The van der Waals surface area contributed by atoms with Crippen molar-refractivity contribution >= 4 is 0 Å². The average molecular weight is 173 g/mol. The first-order valence-electron chi connectivity index (χ1n) is 5.07. The molecule has 12 heavy (non-hydrogen) atoms. The van der Waals surface area contributed by atoms with Crippen LogP contribution in [-0.4, -0.2) is 23.8 Å². The summed E-state index contributed by atoms with van der Waals surface area (Å²) in [6, 6.07) is 0.778. The Bertz CT molecular complexity index is 93.8. The highest BCUT2D eigenvalue weighted by Gasteiger charge is 2.06. The summed E-state index contributed by atoms with van der Waals surface area (Å²) in [4.78, 5) is 0. The summed E-state index contributed by atoms with van der Waals surface area (Å²) in [7, 11) is 0. The highest BCUT2D eigenvalue weighted by molar-refractivity contribution is 4.67. The number of nitrogens with one attached hydrogen (secondary N) is 1. The van der Waals surface area contributed by atoms with Crippen LogP contribution in [0, 0.1) is 0 Å². The van der Waals surface area contributed by atoms with Crippen LogP contribution in [0.4, 0.5) is 0 Å². The minimum Gasteiger partial charge on any atom is -0.395 e. The van der Waals surface area contributed by atoms with Gasteiger partial charge in [0.2, 0.25) is 0 Å². The number of rotatable bonds is 7. The van der Waals surface area contributed by atoms with E-state index in [9.17, 15) is 0 Å². The van der Waals surface area contributed by atoms with E-state index in [1.165, 1.54) is 19.3 Å². The summed E-state index contributed by atoms with van der Waals surface area (Å²) in [6.45, 7) is 6.69. The monoisotopic (exact) mass is 173 g/mol. The third-order valence-corrected chi connectivity index (χ3v) is 1.95. The molecule has 0 saturated carbocycles. The Morgan fingerprint density at radius 3 is 2.33 bits per heavy atom. The summed E-state index contributed by atoms with van der Waals surface area (Å²) < 4.78 is 0. The van der Waals surface area contributed by atoms with Gasteiger partial charge in [-0.15, -0.1) is 0 Å². The molecule has 0 aliphatic rings. The van der Waals surface area contributed by atoms with Crippen molar-refractivity contribution in [1.29, 1.82) is 0 Å². The van der Waals surface area contributed by atoms with Gasteiger partial charge in [-0.3, -0.25) is 0 Å². The first-order valence-corrected chi connectivity index (χ1v) is 5.07. The first kappa shape index (κ1) is 11.9. The van der Waals surface area contributed by atoms with Crippen molar-refractivity contribution in [2.75, 3.05) is 6.61 Å². The zero-order valence-corrected chi connectivity index (χ0v) is 8.64. The van der Waals surface area contributed by atoms with Crippen LogP contribution >= 0.6 is 0 Å². The van der Waals surface area contributed by atoms with Crippen LogP contribution in [0.3, 0.4) is 0 Å². The molecule has 0 aliphatic carbocycles. The molecule has 2 nitrogen and oxygen atoms in total. The van der Waals surface area contributed by atoms with Gasteiger partial charge in [0.15, 0.2) is 0 Å². The number of hydrogen-bond acceptors (Lipinski definition) is 2. The molecule has 2 heteroatoms. The summed E-state index contributed by atoms with van der Waals surface area (Å²) in [5, 5.41) is 12.4. The summed E-state index contributed by atoms with van der Waals surface area (Å²) in [6.07, 6.45) is 4.85. The Morgan fingerprint density at radius 2 is 1.92 bits per heavy atom. The van der Waals surface area contributed by atoms with Crippen molar-refractivity contribution in [3.8, 4) is 0 Å². The second-order valence-electron chi connectivity index (χ2n) is 3.70. The van der Waals surface area contributed by atoms with Gasteiger partial charge in [-0.2, -0.15) is 0 Å². The van der Waals surface area contributed by atoms with Gasteiger partial charge in [-0.25, -0.2) is 0 Å². The zero-order valence-electron chi connectivity index (χ0n) is 8.64. The van der Waals surface area contributed by atoms with Gasteiger partial charge in [-0.05, 0) is 6.42 Å². The predicted octanol–water partition coefficient (Wildman–Crippen LogP) is 1.93. The number of aliphatic hydroxyl groups excluding tert-OH is 1. The largest absolute Gasteiger partial charge is 0.395 e. The molecule has 0 aromatic rings. The molecule has 0 saturated heterocycles. The molecule has 0 fully saturated rings. The van der Waals surface area contributed by atoms with E-state index in [4.69, 9.17) is 5.11 Å². The Morgan fingerprint density at radius 1 is 1.25 bits per heavy atom. The fourth-order valence-corrected chi connectivity index (χ4v) is 1.34. The van der Waals surface area contributed by atoms with E-state index >= 15 is 0 Å². The zero-order chi connectivity index (χ0) is 9.40. The number of unbranched alkanes of at least 4 members (excludes halogenated alkanes) is 2. The maximum absolute atomic E-state index is 9.01. The Hall–Kier alpha value is -0.0800. The van der Waals surface area contributed by atoms with Crippen LogP contribution < -0.4 is 5.32 Å². The minimum atomic E-state index is 0.266. The Labute approximate surface area is 76.4 Å². The lowest BCUT2D eigenvalue weighted by Gasteiger charge is -2.18. The van der Waals surface area contributed by atoms with Crippen molar-refractivity contribution in [2.24, 2.45) is 0 Å². The molecule has 0 bridgehead atoms. The maximum atomic E-state index is 9.01. The molecular weight excluding hydrogens is 150 g/mol. The molecule has 0 aromatic carbocycles.